The number of benzene rings is 1. The molecule has 4 rings (SSSR count). The molecule has 9 heteroatoms. The Balaban J connectivity index is 1.40. The molecule has 0 radical (unpaired) electrons. The molecule has 2 aliphatic rings. The predicted octanol–water partition coefficient (Wildman–Crippen LogP) is 1.64. The van der Waals surface area contributed by atoms with Gasteiger partial charge in [0.1, 0.15) is 5.75 Å². The van der Waals surface area contributed by atoms with Crippen LogP contribution >= 0.6 is 0 Å². The van der Waals surface area contributed by atoms with Crippen LogP contribution in [0, 0.1) is 0 Å². The Morgan fingerprint density at radius 3 is 2.77 bits per heavy atom. The summed E-state index contributed by atoms with van der Waals surface area (Å²) in [5.74, 6) is 1.54. The summed E-state index contributed by atoms with van der Waals surface area (Å²) in [7, 11) is 3.29. The third-order valence-electron chi connectivity index (χ3n) is 6.23. The normalized spacial score (nSPS) is 23.9. The topological polar surface area (TPSA) is 94.4 Å². The van der Waals surface area contributed by atoms with E-state index < -0.39 is 0 Å². The molecule has 2 aromatic rings. The van der Waals surface area contributed by atoms with Gasteiger partial charge in [-0.05, 0) is 54.3 Å². The number of methoxy groups -OCH3 is 2. The Bertz CT molecular complexity index is 843. The first-order valence-electron chi connectivity index (χ1n) is 10.6. The molecule has 1 aromatic carbocycles. The van der Waals surface area contributed by atoms with Gasteiger partial charge in [0.2, 0.25) is 0 Å². The number of hydrogen-bond acceptors (Lipinski definition) is 7. The van der Waals surface area contributed by atoms with Crippen LogP contribution in [0.3, 0.4) is 0 Å². The van der Waals surface area contributed by atoms with E-state index in [-0.39, 0.29) is 11.9 Å². The number of amides is 1. The molecule has 30 heavy (non-hydrogen) atoms. The Morgan fingerprint density at radius 1 is 1.23 bits per heavy atom. The predicted molar refractivity (Wildman–Crippen MR) is 110 cm³/mol. The average molecular weight is 415 g/mol. The van der Waals surface area contributed by atoms with Crippen molar-refractivity contribution >= 4 is 5.91 Å². The van der Waals surface area contributed by atoms with Gasteiger partial charge < -0.3 is 14.8 Å². The van der Waals surface area contributed by atoms with Crippen LogP contribution in [0.1, 0.15) is 48.3 Å². The maximum atomic E-state index is 12.8. The van der Waals surface area contributed by atoms with Crippen molar-refractivity contribution in [1.82, 2.24) is 30.4 Å². The van der Waals surface area contributed by atoms with Gasteiger partial charge in [-0.25, -0.2) is 4.68 Å². The van der Waals surface area contributed by atoms with E-state index in [9.17, 15) is 4.79 Å². The number of fused-ring (bicyclic) bond motifs is 2. The second-order valence-corrected chi connectivity index (χ2v) is 8.10. The van der Waals surface area contributed by atoms with Gasteiger partial charge in [-0.1, -0.05) is 12.5 Å². The number of ether oxygens (including phenoxy) is 2. The molecule has 0 spiro atoms. The first-order chi connectivity index (χ1) is 14.7. The van der Waals surface area contributed by atoms with E-state index in [1.54, 1.807) is 20.3 Å². The molecule has 2 aliphatic heterocycles. The van der Waals surface area contributed by atoms with Gasteiger partial charge in [-0.3, -0.25) is 9.69 Å². The molecule has 2 bridgehead atoms. The third-order valence-corrected chi connectivity index (χ3v) is 6.23. The first kappa shape index (κ1) is 20.7. The Hall–Kier alpha value is -2.52. The number of hydrogen-bond donors (Lipinski definition) is 1. The summed E-state index contributed by atoms with van der Waals surface area (Å²) in [6.07, 6.45) is 5.41. The summed E-state index contributed by atoms with van der Waals surface area (Å²) in [5.41, 5.74) is 0.638. The van der Waals surface area contributed by atoms with Crippen LogP contribution in [0.2, 0.25) is 0 Å². The van der Waals surface area contributed by atoms with Crippen molar-refractivity contribution in [2.45, 2.75) is 63.3 Å². The molecule has 2 unspecified atom stereocenters. The van der Waals surface area contributed by atoms with Crippen LogP contribution < -0.4 is 10.1 Å². The number of rotatable bonds is 8. The SMILES string of the molecule is COCCn1nnnc1CN1C2CCCC1CC(NC(=O)c1cccc(OC)c1)C2. The van der Waals surface area contributed by atoms with Crippen LogP contribution in [-0.2, 0) is 17.8 Å². The molecule has 2 saturated heterocycles. The molecule has 2 atom stereocenters. The maximum Gasteiger partial charge on any atom is 0.251 e. The summed E-state index contributed by atoms with van der Waals surface area (Å²) in [6, 6.07) is 8.35. The molecule has 1 N–H and O–H groups in total. The lowest BCUT2D eigenvalue weighted by Gasteiger charge is -2.48. The maximum absolute atomic E-state index is 12.8. The quantitative estimate of drug-likeness (QED) is 0.702. The summed E-state index contributed by atoms with van der Waals surface area (Å²) >= 11 is 0. The van der Waals surface area contributed by atoms with Crippen molar-refractivity contribution in [1.29, 1.82) is 0 Å². The minimum Gasteiger partial charge on any atom is -0.497 e. The fourth-order valence-electron chi connectivity index (χ4n) is 4.74. The summed E-state index contributed by atoms with van der Waals surface area (Å²) in [6.45, 7) is 1.98. The van der Waals surface area contributed by atoms with Crippen molar-refractivity contribution in [3.8, 4) is 5.75 Å². The third kappa shape index (κ3) is 4.62. The molecule has 0 aliphatic carbocycles. The fourth-order valence-corrected chi connectivity index (χ4v) is 4.74. The zero-order chi connectivity index (χ0) is 20.9. The lowest BCUT2D eigenvalue weighted by atomic mass is 9.81. The highest BCUT2D eigenvalue weighted by Gasteiger charge is 2.39. The Kier molecular flexibility index (Phi) is 6.59. The van der Waals surface area contributed by atoms with E-state index in [4.69, 9.17) is 9.47 Å². The van der Waals surface area contributed by atoms with Crippen molar-refractivity contribution < 1.29 is 14.3 Å². The summed E-state index contributed by atoms with van der Waals surface area (Å²) < 4.78 is 12.2. The highest BCUT2D eigenvalue weighted by molar-refractivity contribution is 5.94. The second-order valence-electron chi connectivity index (χ2n) is 8.10. The molecule has 1 amide bonds. The van der Waals surface area contributed by atoms with E-state index >= 15 is 0 Å². The monoisotopic (exact) mass is 414 g/mol. The van der Waals surface area contributed by atoms with Gasteiger partial charge >= 0.3 is 0 Å². The first-order valence-corrected chi connectivity index (χ1v) is 10.6. The number of aromatic nitrogens is 4. The lowest BCUT2D eigenvalue weighted by Crippen LogP contribution is -2.56. The minimum atomic E-state index is -0.0334. The highest BCUT2D eigenvalue weighted by atomic mass is 16.5. The van der Waals surface area contributed by atoms with Gasteiger partial charge in [-0.2, -0.15) is 0 Å². The van der Waals surface area contributed by atoms with Crippen LogP contribution in [-0.4, -0.2) is 70.0 Å². The Morgan fingerprint density at radius 2 is 2.03 bits per heavy atom. The van der Waals surface area contributed by atoms with E-state index in [0.717, 1.165) is 38.1 Å². The summed E-state index contributed by atoms with van der Waals surface area (Å²) in [4.78, 5) is 15.3. The average Bonchev–Trinajstić information content (AvgIpc) is 3.19. The zero-order valence-electron chi connectivity index (χ0n) is 17.7. The van der Waals surface area contributed by atoms with Crippen LogP contribution in [0.15, 0.2) is 24.3 Å². The van der Waals surface area contributed by atoms with Crippen LogP contribution in [0.25, 0.3) is 0 Å². The number of carbonyl (C=O) groups excluding carboxylic acids is 1. The number of tetrazole rings is 1. The van der Waals surface area contributed by atoms with E-state index in [1.165, 1.54) is 6.42 Å². The molecule has 3 heterocycles. The smallest absolute Gasteiger partial charge is 0.251 e. The minimum absolute atomic E-state index is 0.0334. The van der Waals surface area contributed by atoms with Gasteiger partial charge in [0.15, 0.2) is 5.82 Å². The van der Waals surface area contributed by atoms with Crippen molar-refractivity contribution in [2.75, 3.05) is 20.8 Å². The van der Waals surface area contributed by atoms with Crippen LogP contribution in [0.4, 0.5) is 0 Å². The van der Waals surface area contributed by atoms with Crippen molar-refractivity contribution in [2.24, 2.45) is 0 Å². The number of nitrogens with zero attached hydrogens (tertiary/aromatic N) is 5. The zero-order valence-corrected chi connectivity index (χ0v) is 17.7. The van der Waals surface area contributed by atoms with Gasteiger partial charge in [0.25, 0.3) is 5.91 Å². The van der Waals surface area contributed by atoms with Gasteiger partial charge in [-0.15, -0.1) is 5.10 Å². The highest BCUT2D eigenvalue weighted by Crippen LogP contribution is 2.35. The molecule has 162 valence electrons. The number of carbonyl (C=O) groups is 1. The summed E-state index contributed by atoms with van der Waals surface area (Å²) in [5, 5.41) is 15.4. The number of piperidine rings is 2. The lowest BCUT2D eigenvalue weighted by molar-refractivity contribution is 0.0145. The second kappa shape index (κ2) is 9.53. The van der Waals surface area contributed by atoms with Crippen LogP contribution in [0.5, 0.6) is 5.75 Å². The number of nitrogens with one attached hydrogen (secondary N) is 1. The van der Waals surface area contributed by atoms with Gasteiger partial charge in [0, 0.05) is 30.8 Å². The van der Waals surface area contributed by atoms with E-state index in [2.05, 4.69) is 25.7 Å². The molecular weight excluding hydrogens is 384 g/mol. The largest absolute Gasteiger partial charge is 0.497 e. The van der Waals surface area contributed by atoms with Crippen molar-refractivity contribution in [3.63, 3.8) is 0 Å². The standard InChI is InChI=1S/C21H30N6O3/c1-29-10-9-27-20(23-24-25-27)14-26-17-6-4-7-18(26)13-16(12-17)22-21(28)15-5-3-8-19(11-15)30-2/h3,5,8,11,16-18H,4,6-7,9-10,12-14H2,1-2H3,(H,22,28). The molecule has 1 aromatic heterocycles. The molecule has 0 saturated carbocycles. The van der Waals surface area contributed by atoms with E-state index in [1.807, 2.05) is 22.9 Å². The molecular formula is C21H30N6O3. The van der Waals surface area contributed by atoms with Crippen molar-refractivity contribution in [3.05, 3.63) is 35.7 Å². The molecule has 2 fully saturated rings. The molecule has 9 nitrogen and oxygen atoms in total. The van der Waals surface area contributed by atoms with Gasteiger partial charge in [0.05, 0.1) is 26.8 Å². The Labute approximate surface area is 176 Å². The van der Waals surface area contributed by atoms with E-state index in [0.29, 0.717) is 36.5 Å². The fraction of sp³-hybridized carbons (Fsp3) is 0.619.